The normalized spacial score (nSPS) is 25.4. The fourth-order valence-electron chi connectivity index (χ4n) is 4.05. The van der Waals surface area contributed by atoms with Crippen LogP contribution in [-0.4, -0.2) is 75.3 Å². The van der Waals surface area contributed by atoms with Crippen molar-refractivity contribution in [3.8, 4) is 0 Å². The van der Waals surface area contributed by atoms with E-state index in [1.807, 2.05) is 7.05 Å². The molecule has 2 aliphatic heterocycles. The lowest BCUT2D eigenvalue weighted by molar-refractivity contribution is 0.141. The van der Waals surface area contributed by atoms with Gasteiger partial charge in [-0.2, -0.15) is 0 Å². The Morgan fingerprint density at radius 3 is 2.75 bits per heavy atom. The van der Waals surface area contributed by atoms with Crippen molar-refractivity contribution in [3.05, 3.63) is 0 Å². The highest BCUT2D eigenvalue weighted by Gasteiger charge is 2.27. The molecule has 0 aromatic heterocycles. The minimum absolute atomic E-state index is 0. The van der Waals surface area contributed by atoms with E-state index in [1.165, 1.54) is 32.2 Å². The molecule has 0 aromatic carbocycles. The first-order valence-electron chi connectivity index (χ1n) is 9.32. The molecule has 0 bridgehead atoms. The van der Waals surface area contributed by atoms with Crippen molar-refractivity contribution >= 4 is 29.9 Å². The maximum absolute atomic E-state index is 5.23. The number of nitrogens with zero attached hydrogens (tertiary/aromatic N) is 3. The zero-order valence-electron chi connectivity index (χ0n) is 16.0. The summed E-state index contributed by atoms with van der Waals surface area (Å²) in [6, 6.07) is 0.621. The predicted octanol–water partition coefficient (Wildman–Crippen LogP) is 2.66. The van der Waals surface area contributed by atoms with E-state index >= 15 is 0 Å². The Morgan fingerprint density at radius 1 is 1.29 bits per heavy atom. The fraction of sp³-hybridized carbons (Fsp3) is 0.944. The van der Waals surface area contributed by atoms with Gasteiger partial charge in [-0.15, -0.1) is 24.0 Å². The van der Waals surface area contributed by atoms with E-state index < -0.39 is 0 Å². The van der Waals surface area contributed by atoms with Crippen molar-refractivity contribution in [1.29, 1.82) is 0 Å². The van der Waals surface area contributed by atoms with E-state index in [2.05, 4.69) is 34.0 Å². The second kappa shape index (κ2) is 11.5. The first kappa shape index (κ1) is 22.0. The first-order chi connectivity index (χ1) is 11.1. The molecule has 142 valence electrons. The van der Waals surface area contributed by atoms with Gasteiger partial charge in [-0.25, -0.2) is 0 Å². The summed E-state index contributed by atoms with van der Waals surface area (Å²) < 4.78 is 5.23. The van der Waals surface area contributed by atoms with E-state index in [1.54, 1.807) is 7.11 Å². The van der Waals surface area contributed by atoms with Gasteiger partial charge in [-0.1, -0.05) is 13.8 Å². The van der Waals surface area contributed by atoms with Crippen LogP contribution in [0.4, 0.5) is 0 Å². The molecule has 1 N–H and O–H groups in total. The van der Waals surface area contributed by atoms with Gasteiger partial charge in [0, 0.05) is 46.4 Å². The molecule has 0 aromatic rings. The Balaban J connectivity index is 0.00000288. The van der Waals surface area contributed by atoms with Gasteiger partial charge < -0.3 is 15.0 Å². The third kappa shape index (κ3) is 6.67. The first-order valence-corrected chi connectivity index (χ1v) is 9.32. The van der Waals surface area contributed by atoms with Crippen molar-refractivity contribution in [2.75, 3.05) is 53.5 Å². The van der Waals surface area contributed by atoms with Gasteiger partial charge in [0.2, 0.25) is 0 Å². The molecule has 2 heterocycles. The summed E-state index contributed by atoms with van der Waals surface area (Å²) in [5.74, 6) is 2.72. The Morgan fingerprint density at radius 2 is 2.08 bits per heavy atom. The maximum Gasteiger partial charge on any atom is 0.193 e. The number of nitrogens with one attached hydrogen (secondary N) is 1. The number of methoxy groups -OCH3 is 1. The van der Waals surface area contributed by atoms with Crippen molar-refractivity contribution in [1.82, 2.24) is 15.1 Å². The average Bonchev–Trinajstić information content (AvgIpc) is 3.15. The van der Waals surface area contributed by atoms with Crippen LogP contribution in [-0.2, 0) is 4.74 Å². The highest BCUT2D eigenvalue weighted by atomic mass is 127. The Bertz CT molecular complexity index is 378. The Labute approximate surface area is 165 Å². The summed E-state index contributed by atoms with van der Waals surface area (Å²) in [7, 11) is 3.70. The van der Waals surface area contributed by atoms with Gasteiger partial charge in [0.15, 0.2) is 5.96 Å². The topological polar surface area (TPSA) is 40.1 Å². The number of ether oxygens (including phenoxy) is 1. The molecular weight excluding hydrogens is 415 g/mol. The van der Waals surface area contributed by atoms with Crippen LogP contribution in [0.3, 0.4) is 0 Å². The smallest absolute Gasteiger partial charge is 0.193 e. The second-order valence-electron chi connectivity index (χ2n) is 7.48. The molecule has 2 atom stereocenters. The van der Waals surface area contributed by atoms with Crippen LogP contribution < -0.4 is 5.32 Å². The lowest BCUT2D eigenvalue weighted by atomic mass is 9.97. The number of likely N-dealkylation sites (tertiary alicyclic amines) is 2. The van der Waals surface area contributed by atoms with Crippen LogP contribution in [0, 0.1) is 11.8 Å². The molecule has 2 rings (SSSR count). The zero-order chi connectivity index (χ0) is 16.7. The molecule has 6 heteroatoms. The van der Waals surface area contributed by atoms with E-state index in [0.29, 0.717) is 6.04 Å². The highest BCUT2D eigenvalue weighted by Crippen LogP contribution is 2.23. The predicted molar refractivity (Wildman–Crippen MR) is 112 cm³/mol. The minimum Gasteiger partial charge on any atom is -0.383 e. The summed E-state index contributed by atoms with van der Waals surface area (Å²) in [5.41, 5.74) is 0. The minimum atomic E-state index is 0. The Kier molecular flexibility index (Phi) is 10.5. The van der Waals surface area contributed by atoms with Crippen molar-refractivity contribution in [3.63, 3.8) is 0 Å². The molecule has 2 unspecified atom stereocenters. The molecule has 5 nitrogen and oxygen atoms in total. The molecule has 2 fully saturated rings. The van der Waals surface area contributed by atoms with Gasteiger partial charge in [0.25, 0.3) is 0 Å². The molecular formula is C18H37IN4O. The molecule has 0 amide bonds. The number of aliphatic imine (C=N–C) groups is 1. The number of hydrogen-bond acceptors (Lipinski definition) is 3. The third-order valence-electron chi connectivity index (χ3n) is 5.18. The van der Waals surface area contributed by atoms with Gasteiger partial charge in [0.05, 0.1) is 6.61 Å². The molecule has 2 aliphatic rings. The summed E-state index contributed by atoms with van der Waals surface area (Å²) in [6.45, 7) is 11.0. The number of guanidine groups is 1. The second-order valence-corrected chi connectivity index (χ2v) is 7.48. The van der Waals surface area contributed by atoms with Gasteiger partial charge in [-0.05, 0) is 44.1 Å². The number of rotatable bonds is 7. The van der Waals surface area contributed by atoms with Crippen LogP contribution >= 0.6 is 24.0 Å². The molecule has 0 aliphatic carbocycles. The van der Waals surface area contributed by atoms with Gasteiger partial charge in [0.1, 0.15) is 0 Å². The summed E-state index contributed by atoms with van der Waals surface area (Å²) >= 11 is 0. The molecule has 0 spiro atoms. The van der Waals surface area contributed by atoms with E-state index in [4.69, 9.17) is 4.74 Å². The summed E-state index contributed by atoms with van der Waals surface area (Å²) in [5, 5.41) is 3.63. The summed E-state index contributed by atoms with van der Waals surface area (Å²) in [6.07, 6.45) is 5.22. The quantitative estimate of drug-likeness (QED) is 0.366. The van der Waals surface area contributed by atoms with Gasteiger partial charge >= 0.3 is 0 Å². The maximum atomic E-state index is 5.23. The lowest BCUT2D eigenvalue weighted by Crippen LogP contribution is -2.46. The van der Waals surface area contributed by atoms with Crippen LogP contribution in [0.2, 0.25) is 0 Å². The number of hydrogen-bond donors (Lipinski definition) is 1. The lowest BCUT2D eigenvalue weighted by Gasteiger charge is -2.27. The van der Waals surface area contributed by atoms with E-state index in [0.717, 1.165) is 50.6 Å². The van der Waals surface area contributed by atoms with Crippen molar-refractivity contribution < 1.29 is 4.74 Å². The SMILES string of the molecule is CN=C(NCC1CCCN1CCOC)N1CCC(CC(C)C)C1.I. The van der Waals surface area contributed by atoms with Gasteiger partial charge in [-0.3, -0.25) is 9.89 Å². The number of halogens is 1. The van der Waals surface area contributed by atoms with Crippen LogP contribution in [0.25, 0.3) is 0 Å². The molecule has 24 heavy (non-hydrogen) atoms. The fourth-order valence-corrected chi connectivity index (χ4v) is 4.05. The molecule has 2 saturated heterocycles. The third-order valence-corrected chi connectivity index (χ3v) is 5.18. The summed E-state index contributed by atoms with van der Waals surface area (Å²) in [4.78, 5) is 9.52. The van der Waals surface area contributed by atoms with E-state index in [-0.39, 0.29) is 24.0 Å². The van der Waals surface area contributed by atoms with Crippen LogP contribution in [0.5, 0.6) is 0 Å². The standard InChI is InChI=1S/C18H36N4O.HI/c1-15(2)12-16-7-9-22(14-16)18(19-3)20-13-17-6-5-8-21(17)10-11-23-4;/h15-17H,5-14H2,1-4H3,(H,19,20);1H. The monoisotopic (exact) mass is 452 g/mol. The van der Waals surface area contributed by atoms with Crippen molar-refractivity contribution in [2.45, 2.75) is 45.6 Å². The Hall–Kier alpha value is -0.0800. The molecule has 0 saturated carbocycles. The largest absolute Gasteiger partial charge is 0.383 e. The molecule has 0 radical (unpaired) electrons. The zero-order valence-corrected chi connectivity index (χ0v) is 18.3. The van der Waals surface area contributed by atoms with E-state index in [9.17, 15) is 0 Å². The van der Waals surface area contributed by atoms with Crippen molar-refractivity contribution in [2.24, 2.45) is 16.8 Å². The van der Waals surface area contributed by atoms with Crippen LogP contribution in [0.15, 0.2) is 4.99 Å². The average molecular weight is 452 g/mol. The van der Waals surface area contributed by atoms with Crippen LogP contribution in [0.1, 0.15) is 39.5 Å². The highest BCUT2D eigenvalue weighted by molar-refractivity contribution is 14.0.